The van der Waals surface area contributed by atoms with Crippen molar-refractivity contribution < 1.29 is 24.3 Å². The van der Waals surface area contributed by atoms with Gasteiger partial charge in [-0.25, -0.2) is 4.98 Å². The summed E-state index contributed by atoms with van der Waals surface area (Å²) < 4.78 is 0. The zero-order valence-corrected chi connectivity index (χ0v) is 33.8. The number of aliphatic hydroxyl groups excluding tert-OH is 1. The first kappa shape index (κ1) is 41.8. The molecule has 0 saturated carbocycles. The molecule has 7 N–H and O–H groups in total. The van der Waals surface area contributed by atoms with Crippen LogP contribution in [0.5, 0.6) is 0 Å². The molecule has 4 aromatic rings. The third-order valence-electron chi connectivity index (χ3n) is 10.6. The lowest BCUT2D eigenvalue weighted by molar-refractivity contribution is -0.141. The first-order chi connectivity index (χ1) is 27.6. The standard InChI is InChI=1S/C43H50ClN7O5S/c1-26(53)27-14-16-28(17-15-27)32-18-19-33(44)39-38(32)50-41(55)37(23-30-25-47-34-11-4-3-10-31(30)34)51(2)43(56)36(12-5-6-20-45)49-40(54)35(13-8-22-52)48-24-29-9-7-21-46-42(29)57-39/h4,7,9,11,14-19,21,25,35-37,47-48,52H,3,5-6,8,10,12-13,20,22-24,45H2,1-2H3,(H,49,54)(H,50,55). The number of nitrogens with two attached hydrogens (primary N) is 1. The molecule has 0 radical (unpaired) electrons. The number of likely N-dealkylation sites (N-methyl/N-ethyl adjacent to an activating group) is 1. The number of aromatic amines is 1. The zero-order valence-electron chi connectivity index (χ0n) is 32.3. The Morgan fingerprint density at radius 1 is 1.04 bits per heavy atom. The average molecular weight is 812 g/mol. The number of carbonyl (C=O) groups is 4. The van der Waals surface area contributed by atoms with Crippen LogP contribution in [0.3, 0.4) is 0 Å². The minimum Gasteiger partial charge on any atom is -0.396 e. The number of allylic oxidation sites excluding steroid dienone is 1. The molecule has 57 heavy (non-hydrogen) atoms. The average Bonchev–Trinajstić information content (AvgIpc) is 3.63. The monoisotopic (exact) mass is 811 g/mol. The molecule has 3 atom stereocenters. The Balaban J connectivity index is 1.51. The van der Waals surface area contributed by atoms with Gasteiger partial charge in [-0.15, -0.1) is 0 Å². The fourth-order valence-electron chi connectivity index (χ4n) is 7.32. The Kier molecular flexibility index (Phi) is 14.4. The van der Waals surface area contributed by atoms with Crippen LogP contribution in [0.2, 0.25) is 5.02 Å². The summed E-state index contributed by atoms with van der Waals surface area (Å²) in [5.74, 6) is -1.30. The van der Waals surface area contributed by atoms with Crippen LogP contribution >= 0.6 is 23.4 Å². The number of ketones is 1. The Morgan fingerprint density at radius 3 is 2.58 bits per heavy atom. The quantitative estimate of drug-likeness (QED) is 0.0793. The Bertz CT molecular complexity index is 2120. The van der Waals surface area contributed by atoms with Crippen LogP contribution in [0.4, 0.5) is 5.69 Å². The minimum absolute atomic E-state index is 0.0685. The molecule has 3 amide bonds. The lowest BCUT2D eigenvalue weighted by Gasteiger charge is -2.32. The van der Waals surface area contributed by atoms with Gasteiger partial charge in [-0.2, -0.15) is 0 Å². The highest BCUT2D eigenvalue weighted by atomic mass is 35.5. The summed E-state index contributed by atoms with van der Waals surface area (Å²) in [6, 6.07) is 11.8. The number of unbranched alkanes of at least 4 members (excludes halogenated alkanes) is 1. The van der Waals surface area contributed by atoms with Crippen molar-refractivity contribution in [3.05, 3.63) is 100.0 Å². The summed E-state index contributed by atoms with van der Waals surface area (Å²) in [4.78, 5) is 65.9. The van der Waals surface area contributed by atoms with Crippen LogP contribution in [-0.2, 0) is 33.8 Å². The molecule has 12 nitrogen and oxygen atoms in total. The first-order valence-electron chi connectivity index (χ1n) is 19.4. The number of benzene rings is 2. The van der Waals surface area contributed by atoms with E-state index in [2.05, 4.69) is 27.0 Å². The van der Waals surface area contributed by atoms with Crippen LogP contribution in [-0.4, -0.2) is 81.8 Å². The van der Waals surface area contributed by atoms with Crippen molar-refractivity contribution in [2.24, 2.45) is 5.73 Å². The van der Waals surface area contributed by atoms with E-state index in [0.29, 0.717) is 70.4 Å². The van der Waals surface area contributed by atoms with Crippen molar-refractivity contribution in [1.29, 1.82) is 0 Å². The van der Waals surface area contributed by atoms with Crippen molar-refractivity contribution in [2.45, 2.75) is 92.9 Å². The topological polar surface area (TPSA) is 183 Å². The predicted octanol–water partition coefficient (Wildman–Crippen LogP) is 5.91. The van der Waals surface area contributed by atoms with Gasteiger partial charge in [0.15, 0.2) is 5.78 Å². The molecule has 3 heterocycles. The number of fused-ring (bicyclic) bond motifs is 3. The molecular weight excluding hydrogens is 762 g/mol. The maximum atomic E-state index is 15.0. The first-order valence-corrected chi connectivity index (χ1v) is 20.6. The number of nitrogens with one attached hydrogen (secondary N) is 4. The van der Waals surface area contributed by atoms with Gasteiger partial charge in [0.2, 0.25) is 17.7 Å². The SMILES string of the molecule is CC(=O)c1ccc(-c2ccc(Cl)c3c2NC(=O)C(Cc2c[nH]c4c2CCC=C4)N(C)C(=O)C(CCCCN)NC(=O)C(CCCO)NCc2cccnc2S3)cc1. The summed E-state index contributed by atoms with van der Waals surface area (Å²) in [5, 5.41) is 20.3. The molecule has 0 bridgehead atoms. The molecule has 300 valence electrons. The highest BCUT2D eigenvalue weighted by Crippen LogP contribution is 2.45. The number of pyridine rings is 1. The largest absolute Gasteiger partial charge is 0.396 e. The van der Waals surface area contributed by atoms with Gasteiger partial charge in [0.25, 0.3) is 0 Å². The molecule has 1 aliphatic carbocycles. The van der Waals surface area contributed by atoms with Crippen LogP contribution in [0.25, 0.3) is 17.2 Å². The van der Waals surface area contributed by atoms with Gasteiger partial charge in [0, 0.05) is 55.8 Å². The molecule has 1 aliphatic heterocycles. The lowest BCUT2D eigenvalue weighted by atomic mass is 9.95. The van der Waals surface area contributed by atoms with E-state index in [1.807, 2.05) is 42.6 Å². The fraction of sp³-hybridized carbons (Fsp3) is 0.372. The van der Waals surface area contributed by atoms with Crippen molar-refractivity contribution in [3.8, 4) is 11.1 Å². The molecular formula is C43H50ClN7O5S. The van der Waals surface area contributed by atoms with E-state index in [1.54, 1.807) is 31.4 Å². The maximum absolute atomic E-state index is 15.0. The normalized spacial score (nSPS) is 19.0. The number of carbonyl (C=O) groups excluding carboxylic acids is 4. The van der Waals surface area contributed by atoms with Crippen molar-refractivity contribution in [1.82, 2.24) is 25.5 Å². The van der Waals surface area contributed by atoms with Crippen molar-refractivity contribution in [2.75, 3.05) is 25.5 Å². The number of aromatic nitrogens is 2. The number of halogens is 1. The van der Waals surface area contributed by atoms with Gasteiger partial charge >= 0.3 is 0 Å². The van der Waals surface area contributed by atoms with Gasteiger partial charge in [0.05, 0.1) is 21.6 Å². The molecule has 3 unspecified atom stereocenters. The second-order valence-electron chi connectivity index (χ2n) is 14.5. The van der Waals surface area contributed by atoms with Gasteiger partial charge in [0.1, 0.15) is 17.1 Å². The maximum Gasteiger partial charge on any atom is 0.247 e. The second-order valence-corrected chi connectivity index (χ2v) is 15.9. The second kappa shape index (κ2) is 19.6. The summed E-state index contributed by atoms with van der Waals surface area (Å²) in [6.45, 7) is 2.08. The Labute approximate surface area is 342 Å². The van der Waals surface area contributed by atoms with Crippen LogP contribution in [0.15, 0.2) is 76.9 Å². The minimum atomic E-state index is -1.01. The van der Waals surface area contributed by atoms with Crippen molar-refractivity contribution in [3.63, 3.8) is 0 Å². The van der Waals surface area contributed by atoms with E-state index in [9.17, 15) is 19.5 Å². The number of H-pyrrole nitrogens is 1. The smallest absolute Gasteiger partial charge is 0.247 e. The van der Waals surface area contributed by atoms with Gasteiger partial charge in [-0.3, -0.25) is 19.2 Å². The van der Waals surface area contributed by atoms with E-state index in [0.717, 1.165) is 40.8 Å². The van der Waals surface area contributed by atoms with E-state index < -0.39 is 29.9 Å². The zero-order chi connectivity index (χ0) is 40.5. The molecule has 2 aromatic carbocycles. The number of amides is 3. The molecule has 0 spiro atoms. The fourth-order valence-corrected chi connectivity index (χ4v) is 8.60. The number of hydrogen-bond donors (Lipinski definition) is 6. The Hall–Kier alpha value is -4.79. The lowest BCUT2D eigenvalue weighted by Crippen LogP contribution is -2.56. The van der Waals surface area contributed by atoms with E-state index in [-0.39, 0.29) is 31.3 Å². The van der Waals surface area contributed by atoms with Gasteiger partial charge in [-0.1, -0.05) is 65.8 Å². The molecule has 2 aliphatic rings. The van der Waals surface area contributed by atoms with Crippen molar-refractivity contribution >= 4 is 58.6 Å². The highest BCUT2D eigenvalue weighted by molar-refractivity contribution is 7.99. The predicted molar refractivity (Wildman–Crippen MR) is 224 cm³/mol. The highest BCUT2D eigenvalue weighted by Gasteiger charge is 2.35. The summed E-state index contributed by atoms with van der Waals surface area (Å²) >= 11 is 8.31. The molecule has 14 heteroatoms. The van der Waals surface area contributed by atoms with Gasteiger partial charge < -0.3 is 36.7 Å². The van der Waals surface area contributed by atoms with Crippen LogP contribution < -0.4 is 21.7 Å². The third-order valence-corrected chi connectivity index (χ3v) is 12.2. The number of hydrogen-bond acceptors (Lipinski definition) is 9. The van der Waals surface area contributed by atoms with Crippen LogP contribution in [0.1, 0.15) is 78.2 Å². The van der Waals surface area contributed by atoms with E-state index in [1.165, 1.54) is 23.6 Å². The number of rotatable bonds is 11. The summed E-state index contributed by atoms with van der Waals surface area (Å²) in [7, 11) is 1.60. The summed E-state index contributed by atoms with van der Waals surface area (Å²) in [6.07, 6.45) is 11.8. The number of nitrogens with zero attached hydrogens (tertiary/aromatic N) is 2. The van der Waals surface area contributed by atoms with Crippen LogP contribution in [0, 0.1) is 0 Å². The molecule has 0 saturated heterocycles. The van der Waals surface area contributed by atoms with E-state index >= 15 is 4.79 Å². The third kappa shape index (κ3) is 10.0. The molecule has 0 fully saturated rings. The number of Topliss-reactive ketones (excluding diaryl/α,β-unsaturated/α-hetero) is 1. The van der Waals surface area contributed by atoms with Gasteiger partial charge in [-0.05, 0) is 98.9 Å². The number of anilines is 1. The Morgan fingerprint density at radius 2 is 1.82 bits per heavy atom. The van der Waals surface area contributed by atoms with E-state index in [4.69, 9.17) is 22.3 Å². The number of aliphatic hydroxyl groups is 1. The molecule has 6 rings (SSSR count). The summed E-state index contributed by atoms with van der Waals surface area (Å²) in [5.41, 5.74) is 12.0. The molecule has 2 aromatic heterocycles.